The van der Waals surface area contributed by atoms with Gasteiger partial charge in [0.25, 0.3) is 0 Å². The Balaban J connectivity index is 1.75. The van der Waals surface area contributed by atoms with Gasteiger partial charge in [0.05, 0.1) is 18.3 Å². The fourth-order valence-corrected chi connectivity index (χ4v) is 5.07. The Kier molecular flexibility index (Phi) is 8.06. The van der Waals surface area contributed by atoms with Gasteiger partial charge in [0.1, 0.15) is 71.5 Å². The number of fused-ring (bicyclic) bond motifs is 1. The van der Waals surface area contributed by atoms with Crippen LogP contribution < -0.4 is 10.2 Å². The van der Waals surface area contributed by atoms with Crippen LogP contribution in [0.4, 0.5) is 0 Å². The molecule has 2 saturated heterocycles. The van der Waals surface area contributed by atoms with E-state index in [1.54, 1.807) is 0 Å². The Morgan fingerprint density at radius 3 is 2.14 bits per heavy atom. The van der Waals surface area contributed by atoms with Crippen LogP contribution in [0.1, 0.15) is 18.6 Å². The van der Waals surface area contributed by atoms with Crippen LogP contribution in [0.2, 0.25) is 0 Å². The fraction of sp³-hybridized carbons (Fsp3) is 0.444. The average molecular weight is 595 g/mol. The molecule has 42 heavy (non-hydrogen) atoms. The van der Waals surface area contributed by atoms with Crippen LogP contribution in [0.25, 0.3) is 22.3 Å². The molecule has 2 fully saturated rings. The number of aliphatic hydroxyl groups excluding tert-OH is 7. The quantitative estimate of drug-likeness (QED) is 0.148. The number of benzene rings is 2. The molecule has 228 valence electrons. The maximum atomic E-state index is 13.2. The summed E-state index contributed by atoms with van der Waals surface area (Å²) >= 11 is 0. The van der Waals surface area contributed by atoms with Gasteiger partial charge >= 0.3 is 0 Å². The third-order valence-corrected chi connectivity index (χ3v) is 7.47. The second-order valence-corrected chi connectivity index (χ2v) is 10.2. The molecular formula is C27H30O15. The Hall–Kier alpha value is -3.51. The summed E-state index contributed by atoms with van der Waals surface area (Å²) < 4.78 is 22.9. The Morgan fingerprint density at radius 2 is 1.48 bits per heavy atom. The molecular weight excluding hydrogens is 564 g/mol. The first-order valence-corrected chi connectivity index (χ1v) is 12.9. The molecule has 2 aliphatic rings. The molecule has 4 unspecified atom stereocenters. The lowest BCUT2D eigenvalue weighted by atomic mass is 9.89. The van der Waals surface area contributed by atoms with Crippen LogP contribution in [0.5, 0.6) is 23.0 Å². The lowest BCUT2D eigenvalue weighted by Gasteiger charge is -2.42. The molecule has 15 nitrogen and oxygen atoms in total. The molecule has 0 spiro atoms. The zero-order chi connectivity index (χ0) is 30.6. The Morgan fingerprint density at radius 1 is 0.786 bits per heavy atom. The first-order chi connectivity index (χ1) is 19.8. The Bertz CT molecular complexity index is 1520. The highest BCUT2D eigenvalue weighted by Gasteiger charge is 2.48. The predicted molar refractivity (Wildman–Crippen MR) is 139 cm³/mol. The maximum absolute atomic E-state index is 13.2. The van der Waals surface area contributed by atoms with E-state index in [1.807, 2.05) is 0 Å². The van der Waals surface area contributed by atoms with Gasteiger partial charge in [0.15, 0.2) is 22.5 Å². The first-order valence-electron chi connectivity index (χ1n) is 12.9. The molecule has 3 heterocycles. The van der Waals surface area contributed by atoms with E-state index >= 15 is 0 Å². The van der Waals surface area contributed by atoms with Gasteiger partial charge in [-0.3, -0.25) is 4.79 Å². The SMILES string of the molecule is CC1O[C@@H](Oc2cc(O)c3c(=O)cc(-c4ccc(O)c(O)c4)oc3c2[C@@H]2OC(CO)[C@@H](O)[C@H](O)C2O)C(O)[C@@H](O)[C@H]1O. The largest absolute Gasteiger partial charge is 0.507 e. The van der Waals surface area contributed by atoms with E-state index in [9.17, 15) is 55.9 Å². The number of aliphatic hydroxyl groups is 7. The number of ether oxygens (including phenoxy) is 3. The lowest BCUT2D eigenvalue weighted by molar-refractivity contribution is -0.269. The van der Waals surface area contributed by atoms with E-state index in [0.717, 1.165) is 24.3 Å². The first kappa shape index (κ1) is 30.0. The number of hydrogen-bond acceptors (Lipinski definition) is 15. The van der Waals surface area contributed by atoms with Crippen molar-refractivity contribution in [3.63, 3.8) is 0 Å². The minimum absolute atomic E-state index is 0.104. The van der Waals surface area contributed by atoms with Crippen molar-refractivity contribution in [2.75, 3.05) is 6.61 Å². The number of hydrogen-bond donors (Lipinski definition) is 10. The second-order valence-electron chi connectivity index (χ2n) is 10.2. The van der Waals surface area contributed by atoms with Gasteiger partial charge in [0, 0.05) is 17.7 Å². The van der Waals surface area contributed by atoms with Gasteiger partial charge in [-0.25, -0.2) is 0 Å². The van der Waals surface area contributed by atoms with Crippen molar-refractivity contribution in [3.8, 4) is 34.3 Å². The smallest absolute Gasteiger partial charge is 0.229 e. The number of phenolic OH excluding ortho intramolecular Hbond substituents is 3. The van der Waals surface area contributed by atoms with Crippen molar-refractivity contribution < 1.29 is 69.7 Å². The van der Waals surface area contributed by atoms with E-state index in [2.05, 4.69) is 0 Å². The van der Waals surface area contributed by atoms with Crippen LogP contribution in [-0.4, -0.2) is 113 Å². The third kappa shape index (κ3) is 5.04. The summed E-state index contributed by atoms with van der Waals surface area (Å²) in [5.41, 5.74) is -1.49. The summed E-state index contributed by atoms with van der Waals surface area (Å²) in [6.07, 6.45) is -16.4. The van der Waals surface area contributed by atoms with E-state index in [-0.39, 0.29) is 16.9 Å². The minimum atomic E-state index is -1.92. The fourth-order valence-electron chi connectivity index (χ4n) is 5.07. The average Bonchev–Trinajstić information content (AvgIpc) is 2.95. The molecule has 5 rings (SSSR count). The molecule has 2 aromatic carbocycles. The summed E-state index contributed by atoms with van der Waals surface area (Å²) in [6.45, 7) is 0.590. The molecule has 1 aromatic heterocycles. The van der Waals surface area contributed by atoms with Crippen molar-refractivity contribution in [2.45, 2.75) is 68.1 Å². The van der Waals surface area contributed by atoms with E-state index in [0.29, 0.717) is 0 Å². The third-order valence-electron chi connectivity index (χ3n) is 7.47. The molecule has 0 radical (unpaired) electrons. The Labute approximate surface area is 236 Å². The van der Waals surface area contributed by atoms with Crippen LogP contribution in [0.15, 0.2) is 39.5 Å². The van der Waals surface area contributed by atoms with Crippen molar-refractivity contribution in [2.24, 2.45) is 0 Å². The van der Waals surface area contributed by atoms with Crippen LogP contribution >= 0.6 is 0 Å². The summed E-state index contributed by atoms with van der Waals surface area (Å²) in [7, 11) is 0. The van der Waals surface area contributed by atoms with Gasteiger partial charge in [-0.15, -0.1) is 0 Å². The zero-order valence-corrected chi connectivity index (χ0v) is 21.9. The second kappa shape index (κ2) is 11.3. The van der Waals surface area contributed by atoms with Crippen LogP contribution in [-0.2, 0) is 9.47 Å². The van der Waals surface area contributed by atoms with Crippen LogP contribution in [0, 0.1) is 0 Å². The maximum Gasteiger partial charge on any atom is 0.229 e. The highest BCUT2D eigenvalue weighted by molar-refractivity contribution is 5.90. The predicted octanol–water partition coefficient (Wildman–Crippen LogP) is -1.70. The standard InChI is InChI=1S/C27H30O15/c1-8-19(33)21(35)24(38)27(39-8)42-15-6-13(32)17-12(31)5-14(9-2-3-10(29)11(30)4-9)40-25(17)18(15)26-23(37)22(36)20(34)16(7-28)41-26/h2-6,8,16,19-24,26-30,32-38H,7H2,1H3/t8?,16?,19-,20+,21-,22-,23?,24?,26-,27-/m0/s1. The summed E-state index contributed by atoms with van der Waals surface area (Å²) in [4.78, 5) is 13.2. The monoisotopic (exact) mass is 594 g/mol. The number of phenols is 3. The van der Waals surface area contributed by atoms with Gasteiger partial charge in [-0.05, 0) is 25.1 Å². The van der Waals surface area contributed by atoms with Gasteiger partial charge < -0.3 is 69.7 Å². The highest BCUT2D eigenvalue weighted by Crippen LogP contribution is 2.45. The van der Waals surface area contributed by atoms with Crippen LogP contribution in [0.3, 0.4) is 0 Å². The van der Waals surface area contributed by atoms with E-state index in [1.165, 1.54) is 13.0 Å². The molecule has 0 aliphatic carbocycles. The molecule has 15 heteroatoms. The summed E-state index contributed by atoms with van der Waals surface area (Å²) in [6, 6.07) is 5.44. The zero-order valence-electron chi connectivity index (χ0n) is 21.9. The van der Waals surface area contributed by atoms with Gasteiger partial charge in [0.2, 0.25) is 6.29 Å². The number of aromatic hydroxyl groups is 3. The lowest BCUT2D eigenvalue weighted by Crippen LogP contribution is -2.58. The summed E-state index contributed by atoms with van der Waals surface area (Å²) in [5, 5.41) is 102. The molecule has 0 saturated carbocycles. The van der Waals surface area contributed by atoms with Crippen molar-refractivity contribution >= 4 is 11.0 Å². The van der Waals surface area contributed by atoms with Crippen molar-refractivity contribution in [1.29, 1.82) is 0 Å². The van der Waals surface area contributed by atoms with Gasteiger partial charge in [-0.1, -0.05) is 0 Å². The topological polar surface area (TPSA) is 260 Å². The van der Waals surface area contributed by atoms with E-state index < -0.39 is 107 Å². The molecule has 10 N–H and O–H groups in total. The highest BCUT2D eigenvalue weighted by atomic mass is 16.7. The molecule has 2 aliphatic heterocycles. The van der Waals surface area contributed by atoms with Crippen molar-refractivity contribution in [3.05, 3.63) is 46.1 Å². The molecule has 10 atom stereocenters. The molecule has 0 bridgehead atoms. The van der Waals surface area contributed by atoms with Gasteiger partial charge in [-0.2, -0.15) is 0 Å². The molecule has 3 aromatic rings. The number of rotatable bonds is 5. The molecule has 0 amide bonds. The van der Waals surface area contributed by atoms with Crippen molar-refractivity contribution in [1.82, 2.24) is 0 Å². The normalized spacial score (nSPS) is 33.5. The summed E-state index contributed by atoms with van der Waals surface area (Å²) in [5.74, 6) is -2.31. The minimum Gasteiger partial charge on any atom is -0.507 e. The van der Waals surface area contributed by atoms with E-state index in [4.69, 9.17) is 18.6 Å².